The van der Waals surface area contributed by atoms with Crippen LogP contribution in [0.3, 0.4) is 0 Å². The van der Waals surface area contributed by atoms with E-state index >= 15 is 0 Å². The molecule has 0 spiro atoms. The molecule has 3 nitrogen and oxygen atoms in total. The summed E-state index contributed by atoms with van der Waals surface area (Å²) in [4.78, 5) is 17.8. The largest absolute Gasteiger partial charge is 0.316 e. The SMILES string of the molecule is CCn1c(=NC(=O)c2cc(C)ccc2C)sc2cc(Cl)cc(C)c21. The highest BCUT2D eigenvalue weighted by atomic mass is 35.5. The Morgan fingerprint density at radius 3 is 2.62 bits per heavy atom. The van der Waals surface area contributed by atoms with Crippen LogP contribution in [0.1, 0.15) is 34.0 Å². The Kier molecular flexibility index (Phi) is 4.61. The van der Waals surface area contributed by atoms with Crippen molar-refractivity contribution in [2.75, 3.05) is 0 Å². The van der Waals surface area contributed by atoms with Crippen LogP contribution in [0.4, 0.5) is 0 Å². The van der Waals surface area contributed by atoms with Crippen LogP contribution in [0.5, 0.6) is 0 Å². The van der Waals surface area contributed by atoms with Gasteiger partial charge in [0.2, 0.25) is 0 Å². The van der Waals surface area contributed by atoms with Gasteiger partial charge in [0, 0.05) is 17.1 Å². The molecule has 0 aliphatic heterocycles. The summed E-state index contributed by atoms with van der Waals surface area (Å²) in [6.45, 7) is 8.75. The number of hydrogen-bond donors (Lipinski definition) is 0. The lowest BCUT2D eigenvalue weighted by Crippen LogP contribution is -2.16. The van der Waals surface area contributed by atoms with Gasteiger partial charge in [-0.25, -0.2) is 0 Å². The lowest BCUT2D eigenvalue weighted by molar-refractivity contribution is 0.0997. The summed E-state index contributed by atoms with van der Waals surface area (Å²) in [5.41, 5.74) is 4.85. The maximum atomic E-state index is 12.7. The second-order valence-electron chi connectivity index (χ2n) is 5.93. The Hall–Kier alpha value is -1.91. The number of carbonyl (C=O) groups excluding carboxylic acids is 1. The summed E-state index contributed by atoms with van der Waals surface area (Å²) < 4.78 is 3.13. The first-order chi connectivity index (χ1) is 11.4. The van der Waals surface area contributed by atoms with Crippen molar-refractivity contribution < 1.29 is 4.79 Å². The van der Waals surface area contributed by atoms with E-state index in [1.807, 2.05) is 51.1 Å². The lowest BCUT2D eigenvalue weighted by Gasteiger charge is -2.05. The van der Waals surface area contributed by atoms with E-state index in [0.29, 0.717) is 15.4 Å². The number of thiazole rings is 1. The van der Waals surface area contributed by atoms with Crippen molar-refractivity contribution in [3.63, 3.8) is 0 Å². The number of fused-ring (bicyclic) bond motifs is 1. The normalized spacial score (nSPS) is 12.1. The van der Waals surface area contributed by atoms with Gasteiger partial charge in [0.15, 0.2) is 4.80 Å². The van der Waals surface area contributed by atoms with Crippen LogP contribution in [0, 0.1) is 20.8 Å². The molecule has 24 heavy (non-hydrogen) atoms. The van der Waals surface area contributed by atoms with Gasteiger partial charge in [0.05, 0.1) is 10.2 Å². The molecule has 3 aromatic rings. The zero-order chi connectivity index (χ0) is 17.4. The van der Waals surface area contributed by atoms with Gasteiger partial charge < -0.3 is 4.57 Å². The molecule has 1 heterocycles. The van der Waals surface area contributed by atoms with E-state index < -0.39 is 0 Å². The molecule has 0 saturated carbocycles. The average Bonchev–Trinajstić information content (AvgIpc) is 2.86. The number of aryl methyl sites for hydroxylation is 4. The Morgan fingerprint density at radius 2 is 1.92 bits per heavy atom. The van der Waals surface area contributed by atoms with Gasteiger partial charge >= 0.3 is 0 Å². The van der Waals surface area contributed by atoms with Crippen molar-refractivity contribution in [2.24, 2.45) is 4.99 Å². The van der Waals surface area contributed by atoms with Gasteiger partial charge in [-0.1, -0.05) is 40.6 Å². The van der Waals surface area contributed by atoms with Crippen LogP contribution in [-0.2, 0) is 6.54 Å². The zero-order valence-corrected chi connectivity index (χ0v) is 15.8. The predicted octanol–water partition coefficient (Wildman–Crippen LogP) is 5.04. The van der Waals surface area contributed by atoms with E-state index in [0.717, 1.165) is 33.5 Å². The van der Waals surface area contributed by atoms with Crippen LogP contribution < -0.4 is 4.80 Å². The molecule has 0 aliphatic carbocycles. The molecule has 0 fully saturated rings. The smallest absolute Gasteiger partial charge is 0.279 e. The van der Waals surface area contributed by atoms with Crippen molar-refractivity contribution in [2.45, 2.75) is 34.2 Å². The van der Waals surface area contributed by atoms with Crippen LogP contribution in [0.15, 0.2) is 35.3 Å². The molecule has 3 rings (SSSR count). The number of aromatic nitrogens is 1. The Morgan fingerprint density at radius 1 is 1.17 bits per heavy atom. The maximum absolute atomic E-state index is 12.7. The molecular formula is C19H19ClN2OS. The number of amides is 1. The first-order valence-electron chi connectivity index (χ1n) is 7.86. The zero-order valence-electron chi connectivity index (χ0n) is 14.2. The first kappa shape index (κ1) is 16.9. The predicted molar refractivity (Wildman–Crippen MR) is 101 cm³/mol. The fourth-order valence-corrected chi connectivity index (χ4v) is 4.41. The Bertz CT molecular complexity index is 1010. The summed E-state index contributed by atoms with van der Waals surface area (Å²) in [5.74, 6) is -0.200. The molecule has 0 aliphatic rings. The highest BCUT2D eigenvalue weighted by molar-refractivity contribution is 7.16. The van der Waals surface area contributed by atoms with Gasteiger partial charge in [-0.05, 0) is 57.0 Å². The number of nitrogens with zero attached hydrogens (tertiary/aromatic N) is 2. The van der Waals surface area contributed by atoms with Crippen LogP contribution in [0.25, 0.3) is 10.2 Å². The molecule has 0 atom stereocenters. The summed E-state index contributed by atoms with van der Waals surface area (Å²) in [6, 6.07) is 9.73. The molecule has 0 radical (unpaired) electrons. The minimum atomic E-state index is -0.200. The van der Waals surface area contributed by atoms with E-state index in [1.165, 1.54) is 11.3 Å². The Balaban J connectivity index is 2.21. The second-order valence-corrected chi connectivity index (χ2v) is 7.38. The van der Waals surface area contributed by atoms with Crippen LogP contribution in [0.2, 0.25) is 5.02 Å². The molecule has 2 aromatic carbocycles. The minimum absolute atomic E-state index is 0.200. The summed E-state index contributed by atoms with van der Waals surface area (Å²) in [7, 11) is 0. The van der Waals surface area contributed by atoms with E-state index in [9.17, 15) is 4.79 Å². The molecule has 0 N–H and O–H groups in total. The fourth-order valence-electron chi connectivity index (χ4n) is 2.87. The van der Waals surface area contributed by atoms with E-state index in [1.54, 1.807) is 0 Å². The third-order valence-corrected chi connectivity index (χ3v) is 5.31. The molecule has 0 bridgehead atoms. The number of hydrogen-bond acceptors (Lipinski definition) is 2. The molecule has 0 unspecified atom stereocenters. The minimum Gasteiger partial charge on any atom is -0.316 e. The quantitative estimate of drug-likeness (QED) is 0.631. The van der Waals surface area contributed by atoms with Gasteiger partial charge in [-0.15, -0.1) is 0 Å². The van der Waals surface area contributed by atoms with Gasteiger partial charge in [-0.2, -0.15) is 4.99 Å². The summed E-state index contributed by atoms with van der Waals surface area (Å²) in [6.07, 6.45) is 0. The van der Waals surface area contributed by atoms with E-state index in [4.69, 9.17) is 11.6 Å². The van der Waals surface area contributed by atoms with Crippen molar-refractivity contribution in [3.05, 3.63) is 62.4 Å². The van der Waals surface area contributed by atoms with Crippen LogP contribution in [-0.4, -0.2) is 10.5 Å². The maximum Gasteiger partial charge on any atom is 0.279 e. The second kappa shape index (κ2) is 6.54. The Labute approximate surface area is 150 Å². The first-order valence-corrected chi connectivity index (χ1v) is 9.06. The number of halogens is 1. The lowest BCUT2D eigenvalue weighted by atomic mass is 10.1. The van der Waals surface area contributed by atoms with Gasteiger partial charge in [0.25, 0.3) is 5.91 Å². The highest BCUT2D eigenvalue weighted by Crippen LogP contribution is 2.26. The number of benzene rings is 2. The van der Waals surface area contributed by atoms with Crippen molar-refractivity contribution in [3.8, 4) is 0 Å². The van der Waals surface area contributed by atoms with Crippen LogP contribution >= 0.6 is 22.9 Å². The topological polar surface area (TPSA) is 34.4 Å². The highest BCUT2D eigenvalue weighted by Gasteiger charge is 2.12. The summed E-state index contributed by atoms with van der Waals surface area (Å²) >= 11 is 7.67. The fraction of sp³-hybridized carbons (Fsp3) is 0.263. The third-order valence-electron chi connectivity index (χ3n) is 4.07. The molecule has 5 heteroatoms. The van der Waals surface area contributed by atoms with Gasteiger partial charge in [-0.3, -0.25) is 4.79 Å². The average molecular weight is 359 g/mol. The number of carbonyl (C=O) groups is 1. The molecule has 1 aromatic heterocycles. The number of rotatable bonds is 2. The molecule has 124 valence electrons. The van der Waals surface area contributed by atoms with Crippen molar-refractivity contribution in [1.29, 1.82) is 0 Å². The van der Waals surface area contributed by atoms with E-state index in [-0.39, 0.29) is 5.91 Å². The van der Waals surface area contributed by atoms with Crippen molar-refractivity contribution >= 4 is 39.1 Å². The third kappa shape index (κ3) is 3.04. The van der Waals surface area contributed by atoms with Gasteiger partial charge in [0.1, 0.15) is 0 Å². The van der Waals surface area contributed by atoms with E-state index in [2.05, 4.69) is 16.5 Å². The van der Waals surface area contributed by atoms with Crippen molar-refractivity contribution in [1.82, 2.24) is 4.57 Å². The molecular weight excluding hydrogens is 340 g/mol. The summed E-state index contributed by atoms with van der Waals surface area (Å²) in [5, 5.41) is 0.705. The molecule has 0 saturated heterocycles. The monoisotopic (exact) mass is 358 g/mol. The molecule has 1 amide bonds. The standard InChI is InChI=1S/C19H19ClN2OS/c1-5-22-17-13(4)9-14(20)10-16(17)24-19(22)21-18(23)15-8-11(2)6-7-12(15)3/h6-10H,5H2,1-4H3.